The third-order valence-electron chi connectivity index (χ3n) is 6.28. The molecule has 0 fully saturated rings. The summed E-state index contributed by atoms with van der Waals surface area (Å²) in [6.07, 6.45) is 3.59. The van der Waals surface area contributed by atoms with Crippen molar-refractivity contribution < 1.29 is 24.1 Å². The number of nitrogens with one attached hydrogen (secondary N) is 1. The monoisotopic (exact) mass is 505 g/mol. The largest absolute Gasteiger partial charge is 0.478 e. The molecule has 3 rings (SSSR count). The summed E-state index contributed by atoms with van der Waals surface area (Å²) in [7, 11) is 0. The molecule has 3 N–H and O–H groups in total. The standard InChI is InChI=1S/C31H36FNO4/c1-21-9-10-24(17-29(21)32)18-31(3,4)33-19-27(34)20-37-22(2)28-8-6-5-7-25(28)14-11-23-12-15-26(16-13-23)30(35)36/h5-17,22,27,33-34H,18-20H2,1-4H3,(H,35,36)/t22?,27-/m1/s1. The lowest BCUT2D eigenvalue weighted by atomic mass is 9.94. The quantitative estimate of drug-likeness (QED) is 0.261. The number of hydrogen-bond donors (Lipinski definition) is 3. The molecule has 3 aromatic rings. The zero-order valence-corrected chi connectivity index (χ0v) is 21.9. The molecule has 196 valence electrons. The number of carbonyl (C=O) groups is 1. The second-order valence-corrected chi connectivity index (χ2v) is 10.0. The number of halogens is 1. The van der Waals surface area contributed by atoms with E-state index in [2.05, 4.69) is 5.32 Å². The van der Waals surface area contributed by atoms with Gasteiger partial charge in [0.05, 0.1) is 24.4 Å². The Morgan fingerprint density at radius 2 is 1.78 bits per heavy atom. The molecule has 6 heteroatoms. The number of carboxylic acid groups (broad SMARTS) is 1. The van der Waals surface area contributed by atoms with Crippen molar-refractivity contribution in [2.24, 2.45) is 0 Å². The van der Waals surface area contributed by atoms with E-state index in [-0.39, 0.29) is 29.6 Å². The molecule has 0 aliphatic rings. The van der Waals surface area contributed by atoms with E-state index in [1.807, 2.05) is 63.3 Å². The maximum absolute atomic E-state index is 13.9. The Bertz CT molecular complexity index is 1220. The highest BCUT2D eigenvalue weighted by Gasteiger charge is 2.20. The minimum Gasteiger partial charge on any atom is -0.478 e. The molecule has 3 aromatic carbocycles. The maximum Gasteiger partial charge on any atom is 0.335 e. The fourth-order valence-electron chi connectivity index (χ4n) is 4.07. The molecule has 0 spiro atoms. The van der Waals surface area contributed by atoms with Crippen LogP contribution in [0.4, 0.5) is 4.39 Å². The van der Waals surface area contributed by atoms with E-state index in [4.69, 9.17) is 9.84 Å². The van der Waals surface area contributed by atoms with Crippen molar-refractivity contribution >= 4 is 18.1 Å². The first-order chi connectivity index (χ1) is 17.5. The van der Waals surface area contributed by atoms with Crippen LogP contribution >= 0.6 is 0 Å². The Kier molecular flexibility index (Phi) is 9.75. The van der Waals surface area contributed by atoms with Crippen molar-refractivity contribution in [3.63, 3.8) is 0 Å². The summed E-state index contributed by atoms with van der Waals surface area (Å²) in [5.41, 5.74) is 4.32. The first-order valence-corrected chi connectivity index (χ1v) is 12.4. The number of aromatic carboxylic acids is 1. The summed E-state index contributed by atoms with van der Waals surface area (Å²) in [4.78, 5) is 11.0. The molecular formula is C31H36FNO4. The molecule has 37 heavy (non-hydrogen) atoms. The highest BCUT2D eigenvalue weighted by atomic mass is 19.1. The maximum atomic E-state index is 13.9. The third-order valence-corrected chi connectivity index (χ3v) is 6.28. The van der Waals surface area contributed by atoms with Gasteiger partial charge in [-0.25, -0.2) is 9.18 Å². The summed E-state index contributed by atoms with van der Waals surface area (Å²) in [6.45, 7) is 8.26. The molecule has 5 nitrogen and oxygen atoms in total. The first-order valence-electron chi connectivity index (χ1n) is 12.4. The van der Waals surface area contributed by atoms with Crippen LogP contribution in [0.2, 0.25) is 0 Å². The number of aliphatic hydroxyl groups excluding tert-OH is 1. The Hall–Kier alpha value is -3.32. The molecule has 0 radical (unpaired) electrons. The van der Waals surface area contributed by atoms with Crippen molar-refractivity contribution in [1.82, 2.24) is 5.32 Å². The molecule has 0 saturated heterocycles. The number of carboxylic acids is 1. The van der Waals surface area contributed by atoms with E-state index in [0.29, 0.717) is 18.5 Å². The predicted octanol–water partition coefficient (Wildman–Crippen LogP) is 6.05. The lowest BCUT2D eigenvalue weighted by Crippen LogP contribution is -2.46. The zero-order chi connectivity index (χ0) is 27.0. The van der Waals surface area contributed by atoms with Crippen LogP contribution in [0.3, 0.4) is 0 Å². The third kappa shape index (κ3) is 8.64. The molecular weight excluding hydrogens is 469 g/mol. The van der Waals surface area contributed by atoms with E-state index >= 15 is 0 Å². The topological polar surface area (TPSA) is 78.8 Å². The summed E-state index contributed by atoms with van der Waals surface area (Å²) >= 11 is 0. The second-order valence-electron chi connectivity index (χ2n) is 10.0. The number of aliphatic hydroxyl groups is 1. The van der Waals surface area contributed by atoms with Gasteiger partial charge in [-0.3, -0.25) is 0 Å². The Morgan fingerprint density at radius 1 is 1.08 bits per heavy atom. The number of rotatable bonds is 12. The number of hydrogen-bond acceptors (Lipinski definition) is 4. The minimum atomic E-state index is -0.950. The van der Waals surface area contributed by atoms with Gasteiger partial charge < -0.3 is 20.3 Å². The molecule has 1 unspecified atom stereocenters. The fraction of sp³-hybridized carbons (Fsp3) is 0.323. The van der Waals surface area contributed by atoms with Crippen molar-refractivity contribution in [3.05, 3.63) is 106 Å². The SMILES string of the molecule is Cc1ccc(CC(C)(C)NC[C@@H](O)COC(C)c2ccccc2C=Cc2ccc(C(=O)O)cc2)cc1F. The van der Waals surface area contributed by atoms with Gasteiger partial charge in [-0.15, -0.1) is 0 Å². The van der Waals surface area contributed by atoms with Crippen molar-refractivity contribution in [1.29, 1.82) is 0 Å². The Morgan fingerprint density at radius 3 is 2.46 bits per heavy atom. The molecule has 0 aliphatic heterocycles. The first kappa shape index (κ1) is 28.3. The number of benzene rings is 3. The summed E-state index contributed by atoms with van der Waals surface area (Å²) in [5, 5.41) is 23.0. The van der Waals surface area contributed by atoms with Gasteiger partial charge in [0.25, 0.3) is 0 Å². The van der Waals surface area contributed by atoms with Gasteiger partial charge in [-0.05, 0) is 80.1 Å². The van der Waals surface area contributed by atoms with E-state index in [1.54, 1.807) is 43.3 Å². The summed E-state index contributed by atoms with van der Waals surface area (Å²) < 4.78 is 19.9. The van der Waals surface area contributed by atoms with Crippen LogP contribution in [0.5, 0.6) is 0 Å². The van der Waals surface area contributed by atoms with Crippen LogP contribution in [0, 0.1) is 12.7 Å². The van der Waals surface area contributed by atoms with Gasteiger partial charge in [-0.1, -0.05) is 60.7 Å². The van der Waals surface area contributed by atoms with Gasteiger partial charge in [0.1, 0.15) is 5.82 Å². The highest BCUT2D eigenvalue weighted by Crippen LogP contribution is 2.23. The summed E-state index contributed by atoms with van der Waals surface area (Å²) in [6, 6.07) is 19.9. The second kappa shape index (κ2) is 12.8. The van der Waals surface area contributed by atoms with Crippen LogP contribution in [-0.4, -0.2) is 41.0 Å². The average Bonchev–Trinajstić information content (AvgIpc) is 2.87. The normalized spacial score (nSPS) is 13.6. The molecule has 0 heterocycles. The highest BCUT2D eigenvalue weighted by molar-refractivity contribution is 5.88. The van der Waals surface area contributed by atoms with Crippen molar-refractivity contribution in [2.75, 3.05) is 13.2 Å². The van der Waals surface area contributed by atoms with Crippen molar-refractivity contribution in [3.8, 4) is 0 Å². The van der Waals surface area contributed by atoms with Crippen LogP contribution < -0.4 is 5.32 Å². The van der Waals surface area contributed by atoms with E-state index in [9.17, 15) is 14.3 Å². The zero-order valence-electron chi connectivity index (χ0n) is 21.9. The smallest absolute Gasteiger partial charge is 0.335 e. The van der Waals surface area contributed by atoms with Gasteiger partial charge in [-0.2, -0.15) is 0 Å². The molecule has 0 amide bonds. The van der Waals surface area contributed by atoms with Gasteiger partial charge in [0.2, 0.25) is 0 Å². The van der Waals surface area contributed by atoms with E-state index < -0.39 is 12.1 Å². The average molecular weight is 506 g/mol. The number of aryl methyl sites for hydroxylation is 1. The van der Waals surface area contributed by atoms with E-state index in [0.717, 1.165) is 22.3 Å². The molecule has 2 atom stereocenters. The van der Waals surface area contributed by atoms with Crippen LogP contribution in [0.1, 0.15) is 65.1 Å². The number of β-amino-alcohol motifs (C(OH)–C–C–N with tert-alkyl or cyclic N) is 1. The molecule has 0 bridgehead atoms. The predicted molar refractivity (Wildman–Crippen MR) is 146 cm³/mol. The van der Waals surface area contributed by atoms with Gasteiger partial charge in [0.15, 0.2) is 0 Å². The fourth-order valence-corrected chi connectivity index (χ4v) is 4.07. The van der Waals surface area contributed by atoms with Crippen LogP contribution in [-0.2, 0) is 11.2 Å². The molecule has 0 aliphatic carbocycles. The lowest BCUT2D eigenvalue weighted by molar-refractivity contribution is -0.00424. The Balaban J connectivity index is 1.53. The lowest BCUT2D eigenvalue weighted by Gasteiger charge is -2.28. The Labute approximate surface area is 218 Å². The molecule has 0 aromatic heterocycles. The van der Waals surface area contributed by atoms with Gasteiger partial charge in [0, 0.05) is 12.1 Å². The van der Waals surface area contributed by atoms with Crippen LogP contribution in [0.25, 0.3) is 12.2 Å². The number of ether oxygens (including phenoxy) is 1. The minimum absolute atomic E-state index is 0.165. The van der Waals surface area contributed by atoms with Crippen molar-refractivity contribution in [2.45, 2.75) is 51.9 Å². The van der Waals surface area contributed by atoms with E-state index in [1.165, 1.54) is 0 Å². The summed E-state index contributed by atoms with van der Waals surface area (Å²) in [5.74, 6) is -1.16. The molecule has 0 saturated carbocycles. The van der Waals surface area contributed by atoms with Gasteiger partial charge >= 0.3 is 5.97 Å². The van der Waals surface area contributed by atoms with Crippen LogP contribution in [0.15, 0.2) is 66.7 Å².